The van der Waals surface area contributed by atoms with Crippen LogP contribution < -0.4 is 5.32 Å². The average molecular weight is 376 g/mol. The van der Waals surface area contributed by atoms with Gasteiger partial charge in [-0.05, 0) is 36.8 Å². The predicted octanol–water partition coefficient (Wildman–Crippen LogP) is 4.58. The fourth-order valence-electron chi connectivity index (χ4n) is 2.72. The molecule has 0 bridgehead atoms. The summed E-state index contributed by atoms with van der Waals surface area (Å²) in [5, 5.41) is 23.6. The van der Waals surface area contributed by atoms with E-state index in [9.17, 15) is 19.7 Å². The molecule has 3 aromatic rings. The van der Waals surface area contributed by atoms with Gasteiger partial charge in [-0.15, -0.1) is 0 Å². The Morgan fingerprint density at radius 2 is 1.57 bits per heavy atom. The van der Waals surface area contributed by atoms with Crippen LogP contribution in [0, 0.1) is 17.0 Å². The minimum Gasteiger partial charge on any atom is -0.478 e. The highest BCUT2D eigenvalue weighted by Gasteiger charge is 2.19. The van der Waals surface area contributed by atoms with Gasteiger partial charge in [0.05, 0.1) is 10.5 Å². The molecule has 0 amide bonds. The van der Waals surface area contributed by atoms with Crippen molar-refractivity contribution in [1.82, 2.24) is 0 Å². The van der Waals surface area contributed by atoms with E-state index >= 15 is 0 Å². The van der Waals surface area contributed by atoms with E-state index in [2.05, 4.69) is 5.32 Å². The molecular formula is C21H16N2O5. The van der Waals surface area contributed by atoms with Crippen LogP contribution in [0.4, 0.5) is 17.1 Å². The molecule has 0 aliphatic carbocycles. The van der Waals surface area contributed by atoms with E-state index in [1.165, 1.54) is 30.3 Å². The highest BCUT2D eigenvalue weighted by atomic mass is 16.6. The normalized spacial score (nSPS) is 10.3. The summed E-state index contributed by atoms with van der Waals surface area (Å²) in [6.45, 7) is 1.76. The number of carbonyl (C=O) groups excluding carboxylic acids is 1. The van der Waals surface area contributed by atoms with Gasteiger partial charge in [-0.2, -0.15) is 0 Å². The number of rotatable bonds is 6. The molecule has 0 unspecified atom stereocenters. The molecule has 0 saturated carbocycles. The van der Waals surface area contributed by atoms with Crippen molar-refractivity contribution >= 4 is 28.8 Å². The van der Waals surface area contributed by atoms with E-state index in [0.29, 0.717) is 11.3 Å². The molecule has 0 aliphatic rings. The fraction of sp³-hybridized carbons (Fsp3) is 0.0476. The first-order chi connectivity index (χ1) is 13.4. The topological polar surface area (TPSA) is 110 Å². The van der Waals surface area contributed by atoms with Crippen LogP contribution in [0.5, 0.6) is 0 Å². The van der Waals surface area contributed by atoms with E-state index in [1.54, 1.807) is 43.3 Å². The molecule has 140 valence electrons. The number of carboxylic acid groups (broad SMARTS) is 1. The van der Waals surface area contributed by atoms with Gasteiger partial charge < -0.3 is 10.4 Å². The first-order valence-electron chi connectivity index (χ1n) is 8.36. The molecule has 7 nitrogen and oxygen atoms in total. The number of nitro groups is 1. The summed E-state index contributed by atoms with van der Waals surface area (Å²) in [4.78, 5) is 34.7. The summed E-state index contributed by atoms with van der Waals surface area (Å²) in [5.74, 6) is -1.42. The third-order valence-corrected chi connectivity index (χ3v) is 4.25. The lowest BCUT2D eigenvalue weighted by Crippen LogP contribution is -2.05. The zero-order chi connectivity index (χ0) is 20.3. The second-order valence-corrected chi connectivity index (χ2v) is 6.14. The summed E-state index contributed by atoms with van der Waals surface area (Å²) in [6.07, 6.45) is 0. The van der Waals surface area contributed by atoms with Crippen LogP contribution in [0.1, 0.15) is 31.8 Å². The molecule has 0 aromatic heterocycles. The van der Waals surface area contributed by atoms with Crippen LogP contribution in [0.15, 0.2) is 66.7 Å². The Hall–Kier alpha value is -4.00. The van der Waals surface area contributed by atoms with Crippen molar-refractivity contribution in [2.45, 2.75) is 6.92 Å². The second kappa shape index (κ2) is 7.71. The summed E-state index contributed by atoms with van der Waals surface area (Å²) in [6, 6.07) is 17.1. The monoisotopic (exact) mass is 376 g/mol. The molecule has 3 aromatic carbocycles. The Bertz CT molecular complexity index is 1080. The number of anilines is 2. The van der Waals surface area contributed by atoms with Crippen molar-refractivity contribution in [1.29, 1.82) is 0 Å². The van der Waals surface area contributed by atoms with Crippen LogP contribution in [0.3, 0.4) is 0 Å². The largest absolute Gasteiger partial charge is 0.478 e. The number of benzene rings is 3. The van der Waals surface area contributed by atoms with E-state index in [1.807, 2.05) is 0 Å². The molecule has 0 fully saturated rings. The van der Waals surface area contributed by atoms with Crippen LogP contribution >= 0.6 is 0 Å². The van der Waals surface area contributed by atoms with Gasteiger partial charge >= 0.3 is 5.97 Å². The molecule has 2 N–H and O–H groups in total. The van der Waals surface area contributed by atoms with Gasteiger partial charge in [0.2, 0.25) is 0 Å². The number of aryl methyl sites for hydroxylation is 1. The number of nitrogens with one attached hydrogen (secondary N) is 1. The lowest BCUT2D eigenvalue weighted by molar-refractivity contribution is -0.383. The summed E-state index contributed by atoms with van der Waals surface area (Å²) in [5.41, 5.74) is 1.74. The van der Waals surface area contributed by atoms with Gasteiger partial charge in [-0.25, -0.2) is 4.79 Å². The molecule has 0 atom stereocenters. The zero-order valence-electron chi connectivity index (χ0n) is 14.9. The van der Waals surface area contributed by atoms with Crippen molar-refractivity contribution in [3.05, 3.63) is 99.1 Å². The van der Waals surface area contributed by atoms with Crippen LogP contribution in [0.2, 0.25) is 0 Å². The van der Waals surface area contributed by atoms with Crippen LogP contribution in [-0.2, 0) is 0 Å². The molecule has 0 aliphatic heterocycles. The molecule has 0 saturated heterocycles. The van der Waals surface area contributed by atoms with Crippen molar-refractivity contribution in [2.24, 2.45) is 0 Å². The Morgan fingerprint density at radius 3 is 2.21 bits per heavy atom. The molecule has 3 rings (SSSR count). The number of carbonyl (C=O) groups is 2. The van der Waals surface area contributed by atoms with E-state index in [-0.39, 0.29) is 28.3 Å². The SMILES string of the molecule is Cc1ccc(C(=O)O)cc1Nc1ccc(C(=O)c2ccccc2)cc1[N+](=O)[O-]. The lowest BCUT2D eigenvalue weighted by Gasteiger charge is -2.12. The number of carboxylic acids is 1. The number of ketones is 1. The van der Waals surface area contributed by atoms with Crippen LogP contribution in [-0.4, -0.2) is 21.8 Å². The average Bonchev–Trinajstić information content (AvgIpc) is 2.69. The second-order valence-electron chi connectivity index (χ2n) is 6.14. The Kier molecular flexibility index (Phi) is 5.17. The third kappa shape index (κ3) is 3.88. The smallest absolute Gasteiger partial charge is 0.335 e. The number of nitro benzene ring substituents is 1. The number of nitrogens with zero attached hydrogens (tertiary/aromatic N) is 1. The highest BCUT2D eigenvalue weighted by molar-refractivity contribution is 6.09. The Balaban J connectivity index is 1.99. The van der Waals surface area contributed by atoms with Crippen molar-refractivity contribution in [3.63, 3.8) is 0 Å². The quantitative estimate of drug-likeness (QED) is 0.370. The van der Waals surface area contributed by atoms with Crippen LogP contribution in [0.25, 0.3) is 0 Å². The van der Waals surface area contributed by atoms with Gasteiger partial charge in [-0.3, -0.25) is 14.9 Å². The maximum absolute atomic E-state index is 12.6. The standard InChI is InChI=1S/C21H16N2O5/c1-13-7-8-16(21(25)26)11-18(13)22-17-10-9-15(12-19(17)23(27)28)20(24)14-5-3-2-4-6-14/h2-12,22H,1H3,(H,25,26). The minimum absolute atomic E-state index is 0.0617. The van der Waals surface area contributed by atoms with Crippen molar-refractivity contribution < 1.29 is 19.6 Å². The molecular weight excluding hydrogens is 360 g/mol. The van der Waals surface area contributed by atoms with Gasteiger partial charge in [-0.1, -0.05) is 36.4 Å². The highest BCUT2D eigenvalue weighted by Crippen LogP contribution is 2.31. The number of aromatic carboxylic acids is 1. The zero-order valence-corrected chi connectivity index (χ0v) is 14.9. The molecule has 0 radical (unpaired) electrons. The molecule has 0 spiro atoms. The first kappa shape index (κ1) is 18.8. The van der Waals surface area contributed by atoms with Crippen molar-refractivity contribution in [3.8, 4) is 0 Å². The van der Waals surface area contributed by atoms with E-state index in [4.69, 9.17) is 5.11 Å². The lowest BCUT2D eigenvalue weighted by atomic mass is 10.0. The van der Waals surface area contributed by atoms with Gasteiger partial charge in [0.15, 0.2) is 5.78 Å². The summed E-state index contributed by atoms with van der Waals surface area (Å²) < 4.78 is 0. The Labute approximate surface area is 160 Å². The van der Waals surface area contributed by atoms with Gasteiger partial charge in [0.1, 0.15) is 5.69 Å². The van der Waals surface area contributed by atoms with E-state index in [0.717, 1.165) is 5.56 Å². The molecule has 0 heterocycles. The molecule has 28 heavy (non-hydrogen) atoms. The maximum atomic E-state index is 12.6. The summed E-state index contributed by atoms with van der Waals surface area (Å²) in [7, 11) is 0. The summed E-state index contributed by atoms with van der Waals surface area (Å²) >= 11 is 0. The van der Waals surface area contributed by atoms with Crippen molar-refractivity contribution in [2.75, 3.05) is 5.32 Å². The molecule has 7 heteroatoms. The van der Waals surface area contributed by atoms with Gasteiger partial charge in [0.25, 0.3) is 5.69 Å². The number of hydrogen-bond acceptors (Lipinski definition) is 5. The third-order valence-electron chi connectivity index (χ3n) is 4.25. The minimum atomic E-state index is -1.10. The fourth-order valence-corrected chi connectivity index (χ4v) is 2.72. The van der Waals surface area contributed by atoms with Gasteiger partial charge in [0, 0.05) is 22.9 Å². The first-order valence-corrected chi connectivity index (χ1v) is 8.36. The maximum Gasteiger partial charge on any atom is 0.335 e. The Morgan fingerprint density at radius 1 is 0.893 bits per heavy atom. The van der Waals surface area contributed by atoms with E-state index < -0.39 is 10.9 Å². The number of hydrogen-bond donors (Lipinski definition) is 2. The predicted molar refractivity (Wildman–Crippen MR) is 104 cm³/mol.